The SMILES string of the molecule is O=C1N[C@]2(CCCc3sccc32)C(=O)N1Cc1ccc(Br)cc1F. The number of imide groups is 1. The Hall–Kier alpha value is -1.73. The number of nitrogens with zero attached hydrogens (tertiary/aromatic N) is 1. The van der Waals surface area contributed by atoms with E-state index in [-0.39, 0.29) is 12.5 Å². The van der Waals surface area contributed by atoms with Crippen molar-refractivity contribution < 1.29 is 14.0 Å². The van der Waals surface area contributed by atoms with E-state index in [0.29, 0.717) is 16.5 Å². The summed E-state index contributed by atoms with van der Waals surface area (Å²) in [7, 11) is 0. The molecule has 0 unspecified atom stereocenters. The Morgan fingerprint density at radius 1 is 1.33 bits per heavy atom. The molecule has 1 aromatic heterocycles. The van der Waals surface area contributed by atoms with Gasteiger partial charge in [-0.3, -0.25) is 9.69 Å². The maximum atomic E-state index is 14.1. The molecule has 4 rings (SSSR count). The lowest BCUT2D eigenvalue weighted by molar-refractivity contribution is -0.132. The molecule has 1 saturated heterocycles. The van der Waals surface area contributed by atoms with E-state index in [2.05, 4.69) is 21.2 Å². The Morgan fingerprint density at radius 2 is 2.17 bits per heavy atom. The zero-order chi connectivity index (χ0) is 16.9. The van der Waals surface area contributed by atoms with Crippen LogP contribution in [0.3, 0.4) is 0 Å². The van der Waals surface area contributed by atoms with Crippen LogP contribution in [0.1, 0.15) is 28.8 Å². The quantitative estimate of drug-likeness (QED) is 0.765. The molecule has 1 aromatic carbocycles. The first-order valence-corrected chi connectivity index (χ1v) is 9.33. The highest BCUT2D eigenvalue weighted by molar-refractivity contribution is 9.10. The molecule has 0 bridgehead atoms. The Balaban J connectivity index is 1.68. The van der Waals surface area contributed by atoms with E-state index in [1.54, 1.807) is 23.5 Å². The van der Waals surface area contributed by atoms with Gasteiger partial charge in [0.05, 0.1) is 6.54 Å². The van der Waals surface area contributed by atoms with Crippen molar-refractivity contribution in [2.75, 3.05) is 0 Å². The molecule has 1 aliphatic carbocycles. The topological polar surface area (TPSA) is 49.4 Å². The minimum absolute atomic E-state index is 0.0645. The molecule has 1 N–H and O–H groups in total. The summed E-state index contributed by atoms with van der Waals surface area (Å²) in [6.07, 6.45) is 2.36. The van der Waals surface area contributed by atoms with Crippen molar-refractivity contribution >= 4 is 39.2 Å². The highest BCUT2D eigenvalue weighted by Crippen LogP contribution is 2.42. The molecule has 0 saturated carbocycles. The third kappa shape index (κ3) is 2.29. The second-order valence-corrected chi connectivity index (χ2v) is 7.99. The van der Waals surface area contributed by atoms with Crippen LogP contribution in [0.25, 0.3) is 0 Å². The van der Waals surface area contributed by atoms with Gasteiger partial charge in [-0.25, -0.2) is 9.18 Å². The smallest absolute Gasteiger partial charge is 0.319 e. The number of rotatable bonds is 2. The number of hydrogen-bond acceptors (Lipinski definition) is 3. The molecule has 1 atom stereocenters. The van der Waals surface area contributed by atoms with E-state index in [4.69, 9.17) is 0 Å². The van der Waals surface area contributed by atoms with Crippen LogP contribution < -0.4 is 5.32 Å². The number of carbonyl (C=O) groups is 2. The van der Waals surface area contributed by atoms with Crippen LogP contribution in [-0.4, -0.2) is 16.8 Å². The lowest BCUT2D eigenvalue weighted by atomic mass is 9.80. The van der Waals surface area contributed by atoms with E-state index in [9.17, 15) is 14.0 Å². The number of thiophene rings is 1. The average Bonchev–Trinajstić information content (AvgIpc) is 3.10. The summed E-state index contributed by atoms with van der Waals surface area (Å²) in [5, 5.41) is 4.83. The summed E-state index contributed by atoms with van der Waals surface area (Å²) in [6.45, 7) is -0.0645. The van der Waals surface area contributed by atoms with Gasteiger partial charge in [0.25, 0.3) is 5.91 Å². The molecule has 7 heteroatoms. The van der Waals surface area contributed by atoms with Crippen LogP contribution >= 0.6 is 27.3 Å². The molecular formula is C17H14BrFN2O2S. The standard InChI is InChI=1S/C17H14BrFN2O2S/c18-11-4-3-10(13(19)8-11)9-21-15(22)17(20-16(21)23)6-1-2-14-12(17)5-7-24-14/h3-5,7-8H,1-2,6,9H2,(H,20,23)/t17-/m0/s1. The Labute approximate surface area is 150 Å². The molecule has 2 heterocycles. The average molecular weight is 409 g/mol. The summed E-state index contributed by atoms with van der Waals surface area (Å²) in [5.41, 5.74) is 0.243. The van der Waals surface area contributed by atoms with Crippen LogP contribution in [0, 0.1) is 5.82 Å². The normalized spacial score (nSPS) is 22.8. The molecule has 4 nitrogen and oxygen atoms in total. The second-order valence-electron chi connectivity index (χ2n) is 6.07. The monoisotopic (exact) mass is 408 g/mol. The van der Waals surface area contributed by atoms with Crippen molar-refractivity contribution in [2.45, 2.75) is 31.3 Å². The number of carbonyl (C=O) groups excluding carboxylic acids is 2. The molecule has 2 aromatic rings. The van der Waals surface area contributed by atoms with Crippen molar-refractivity contribution in [2.24, 2.45) is 0 Å². The van der Waals surface area contributed by atoms with Gasteiger partial charge in [-0.05, 0) is 42.8 Å². The van der Waals surface area contributed by atoms with E-state index < -0.39 is 17.4 Å². The van der Waals surface area contributed by atoms with Crippen molar-refractivity contribution in [1.29, 1.82) is 0 Å². The minimum atomic E-state index is -0.976. The van der Waals surface area contributed by atoms with Crippen LogP contribution in [-0.2, 0) is 23.3 Å². The molecular weight excluding hydrogens is 395 g/mol. The van der Waals surface area contributed by atoms with Gasteiger partial charge in [0, 0.05) is 20.5 Å². The number of urea groups is 1. The molecule has 2 aliphatic rings. The predicted octanol–water partition coefficient (Wildman–Crippen LogP) is 3.93. The molecule has 1 aliphatic heterocycles. The lowest BCUT2D eigenvalue weighted by Crippen LogP contribution is -2.46. The number of nitrogens with one attached hydrogen (secondary N) is 1. The van der Waals surface area contributed by atoms with E-state index in [1.807, 2.05) is 11.4 Å². The second kappa shape index (κ2) is 5.67. The van der Waals surface area contributed by atoms with E-state index in [1.165, 1.54) is 6.07 Å². The number of benzene rings is 1. The molecule has 1 spiro atoms. The fraction of sp³-hybridized carbons (Fsp3) is 0.294. The third-order valence-corrected chi connectivity index (χ3v) is 6.15. The Kier molecular flexibility index (Phi) is 3.73. The summed E-state index contributed by atoms with van der Waals surface area (Å²) >= 11 is 4.82. The van der Waals surface area contributed by atoms with Gasteiger partial charge in [-0.1, -0.05) is 22.0 Å². The van der Waals surface area contributed by atoms with Crippen LogP contribution in [0.5, 0.6) is 0 Å². The van der Waals surface area contributed by atoms with Gasteiger partial charge in [-0.2, -0.15) is 0 Å². The van der Waals surface area contributed by atoms with Gasteiger partial charge in [0.2, 0.25) is 0 Å². The third-order valence-electron chi connectivity index (χ3n) is 4.68. The maximum Gasteiger partial charge on any atom is 0.325 e. The predicted molar refractivity (Wildman–Crippen MR) is 92.1 cm³/mol. The number of aryl methyl sites for hydroxylation is 1. The summed E-state index contributed by atoms with van der Waals surface area (Å²) in [6, 6.07) is 6.08. The first-order chi connectivity index (χ1) is 11.5. The van der Waals surface area contributed by atoms with Crippen LogP contribution in [0.15, 0.2) is 34.1 Å². The Morgan fingerprint density at radius 3 is 2.96 bits per heavy atom. The fourth-order valence-corrected chi connectivity index (χ4v) is 4.84. The van der Waals surface area contributed by atoms with E-state index >= 15 is 0 Å². The van der Waals surface area contributed by atoms with Gasteiger partial charge in [0.15, 0.2) is 0 Å². The zero-order valence-corrected chi connectivity index (χ0v) is 15.0. The van der Waals surface area contributed by atoms with Crippen LogP contribution in [0.2, 0.25) is 0 Å². The molecule has 0 radical (unpaired) electrons. The van der Waals surface area contributed by atoms with E-state index in [0.717, 1.165) is 28.2 Å². The van der Waals surface area contributed by atoms with Gasteiger partial charge < -0.3 is 5.32 Å². The summed E-state index contributed by atoms with van der Waals surface area (Å²) < 4.78 is 14.7. The molecule has 124 valence electrons. The molecule has 1 fully saturated rings. The summed E-state index contributed by atoms with van der Waals surface area (Å²) in [4.78, 5) is 27.8. The number of hydrogen-bond donors (Lipinski definition) is 1. The highest BCUT2D eigenvalue weighted by atomic mass is 79.9. The highest BCUT2D eigenvalue weighted by Gasteiger charge is 2.54. The Bertz CT molecular complexity index is 853. The number of fused-ring (bicyclic) bond motifs is 2. The van der Waals surface area contributed by atoms with Crippen molar-refractivity contribution in [3.05, 3.63) is 55.9 Å². The number of amides is 3. The largest absolute Gasteiger partial charge is 0.325 e. The van der Waals surface area contributed by atoms with Crippen molar-refractivity contribution in [3.63, 3.8) is 0 Å². The first kappa shape index (κ1) is 15.8. The first-order valence-electron chi connectivity index (χ1n) is 7.66. The van der Waals surface area contributed by atoms with Gasteiger partial charge in [-0.15, -0.1) is 11.3 Å². The van der Waals surface area contributed by atoms with Crippen molar-refractivity contribution in [1.82, 2.24) is 10.2 Å². The van der Waals surface area contributed by atoms with Crippen LogP contribution in [0.4, 0.5) is 9.18 Å². The zero-order valence-electron chi connectivity index (χ0n) is 12.6. The van der Waals surface area contributed by atoms with Gasteiger partial charge >= 0.3 is 6.03 Å². The summed E-state index contributed by atoms with van der Waals surface area (Å²) in [5.74, 6) is -0.722. The fourth-order valence-electron chi connectivity index (χ4n) is 3.51. The number of halogens is 2. The lowest BCUT2D eigenvalue weighted by Gasteiger charge is -2.31. The maximum absolute atomic E-state index is 14.1. The van der Waals surface area contributed by atoms with Gasteiger partial charge in [0.1, 0.15) is 11.4 Å². The minimum Gasteiger partial charge on any atom is -0.319 e. The molecule has 24 heavy (non-hydrogen) atoms. The van der Waals surface area contributed by atoms with Crippen molar-refractivity contribution in [3.8, 4) is 0 Å². The molecule has 3 amide bonds.